The van der Waals surface area contributed by atoms with Gasteiger partial charge in [-0.15, -0.1) is 0 Å². The van der Waals surface area contributed by atoms with Gasteiger partial charge in [0, 0.05) is 23.0 Å². The molecule has 3 aliphatic rings. The van der Waals surface area contributed by atoms with Gasteiger partial charge >= 0.3 is 0 Å². The van der Waals surface area contributed by atoms with Crippen molar-refractivity contribution in [2.75, 3.05) is 13.7 Å². The molecule has 1 aliphatic heterocycles. The van der Waals surface area contributed by atoms with Crippen LogP contribution in [0.4, 0.5) is 0 Å². The first-order valence-electron chi connectivity index (χ1n) is 7.88. The molecule has 1 aromatic carbocycles. The fourth-order valence-electron chi connectivity index (χ4n) is 4.85. The normalized spacial score (nSPS) is 38.1. The molecule has 2 aliphatic carbocycles. The molecule has 0 spiro atoms. The number of hydrogen-bond donors (Lipinski definition) is 3. The molecule has 5 atom stereocenters. The van der Waals surface area contributed by atoms with Crippen molar-refractivity contribution in [2.24, 2.45) is 17.3 Å². The topological polar surface area (TPSA) is 96.2 Å². The first kappa shape index (κ1) is 14.8. The molecule has 4 bridgehead atoms. The number of phenolic OH excluding ortho intramolecular Hbond substituents is 2. The molecule has 0 unspecified atom stereocenters. The van der Waals surface area contributed by atoms with E-state index in [1.165, 1.54) is 13.2 Å². The van der Waals surface area contributed by atoms with Crippen LogP contribution in [0.2, 0.25) is 0 Å². The Morgan fingerprint density at radius 1 is 1.35 bits per heavy atom. The van der Waals surface area contributed by atoms with Gasteiger partial charge < -0.3 is 24.8 Å². The number of carbonyl (C=O) groups excluding carboxylic acids is 1. The number of ether oxygens (including phenoxy) is 2. The molecule has 0 amide bonds. The predicted octanol–water partition coefficient (Wildman–Crippen LogP) is 1.77. The van der Waals surface area contributed by atoms with E-state index in [4.69, 9.17) is 9.47 Å². The Bertz CT molecular complexity index is 699. The molecule has 4 rings (SSSR count). The van der Waals surface area contributed by atoms with Gasteiger partial charge in [0.2, 0.25) is 0 Å². The number of phenols is 2. The second-order valence-corrected chi connectivity index (χ2v) is 7.01. The Balaban J connectivity index is 2.02. The lowest BCUT2D eigenvalue weighted by molar-refractivity contribution is -0.206. The van der Waals surface area contributed by atoms with Crippen molar-refractivity contribution in [1.82, 2.24) is 0 Å². The van der Waals surface area contributed by atoms with Gasteiger partial charge in [-0.1, -0.05) is 6.92 Å². The van der Waals surface area contributed by atoms with Gasteiger partial charge in [0.25, 0.3) is 0 Å². The molecule has 0 aromatic heterocycles. The molecular formula is C17H20O6. The Hall–Kier alpha value is -1.79. The molecule has 1 saturated carbocycles. The van der Waals surface area contributed by atoms with E-state index < -0.39 is 23.5 Å². The minimum Gasteiger partial charge on any atom is -0.507 e. The number of rotatable bonds is 1. The largest absolute Gasteiger partial charge is 0.507 e. The summed E-state index contributed by atoms with van der Waals surface area (Å²) in [6, 6.07) is 1.25. The summed E-state index contributed by atoms with van der Waals surface area (Å²) in [7, 11) is 1.38. The Morgan fingerprint density at radius 3 is 2.78 bits per heavy atom. The fourth-order valence-corrected chi connectivity index (χ4v) is 4.85. The summed E-state index contributed by atoms with van der Waals surface area (Å²) < 4.78 is 11.0. The maximum absolute atomic E-state index is 13.1. The van der Waals surface area contributed by atoms with E-state index in [2.05, 4.69) is 0 Å². The van der Waals surface area contributed by atoms with E-state index in [-0.39, 0.29) is 40.1 Å². The number of ketones is 1. The zero-order chi connectivity index (χ0) is 16.5. The van der Waals surface area contributed by atoms with Gasteiger partial charge in [0.05, 0.1) is 31.5 Å². The maximum Gasteiger partial charge on any atom is 0.171 e. The number of Topliss-reactive ketones (excluding diaryl/α,β-unsaturated/α-hetero) is 1. The van der Waals surface area contributed by atoms with Crippen LogP contribution in [0.3, 0.4) is 0 Å². The number of aromatic hydroxyl groups is 2. The molecule has 2 fully saturated rings. The molecule has 6 nitrogen and oxygen atoms in total. The summed E-state index contributed by atoms with van der Waals surface area (Å²) in [4.78, 5) is 13.1. The molecular weight excluding hydrogens is 300 g/mol. The standard InChI is InChI=1S/C17H20O6/c1-17-10(19)4-3-7-6-23-16(17)12-11(15(21)13(7)17)8(18)5-9(22-2)14(12)20/h5,7,10,13,16,18-20H,3-4,6H2,1-2H3/t7-,10-,13-,16+,17-/m1/s1. The smallest absolute Gasteiger partial charge is 0.171 e. The van der Waals surface area contributed by atoms with E-state index >= 15 is 0 Å². The lowest BCUT2D eigenvalue weighted by Crippen LogP contribution is -2.60. The number of aliphatic hydroxyl groups is 1. The van der Waals surface area contributed by atoms with Crippen LogP contribution in [0, 0.1) is 17.3 Å². The van der Waals surface area contributed by atoms with Crippen LogP contribution in [0.25, 0.3) is 0 Å². The number of fused-ring (bicyclic) bond motifs is 2. The van der Waals surface area contributed by atoms with Gasteiger partial charge in [-0.25, -0.2) is 0 Å². The monoisotopic (exact) mass is 320 g/mol. The summed E-state index contributed by atoms with van der Waals surface area (Å²) in [6.07, 6.45) is -0.0127. The number of aliphatic hydroxyl groups excluding tert-OH is 1. The number of hydrogen-bond acceptors (Lipinski definition) is 6. The minimum atomic E-state index is -0.804. The second kappa shape index (κ2) is 4.61. The number of methoxy groups -OCH3 is 1. The first-order valence-corrected chi connectivity index (χ1v) is 7.88. The van der Waals surface area contributed by atoms with Crippen LogP contribution < -0.4 is 4.74 Å². The summed E-state index contributed by atoms with van der Waals surface area (Å²) >= 11 is 0. The van der Waals surface area contributed by atoms with Crippen LogP contribution in [-0.2, 0) is 4.74 Å². The van der Waals surface area contributed by atoms with E-state index in [0.717, 1.165) is 6.42 Å². The van der Waals surface area contributed by atoms with Crippen molar-refractivity contribution in [3.63, 3.8) is 0 Å². The van der Waals surface area contributed by atoms with Gasteiger partial charge in [0.15, 0.2) is 17.3 Å². The molecule has 1 heterocycles. The van der Waals surface area contributed by atoms with Crippen LogP contribution in [0.15, 0.2) is 6.07 Å². The highest BCUT2D eigenvalue weighted by Crippen LogP contribution is 2.63. The van der Waals surface area contributed by atoms with Crippen LogP contribution in [0.5, 0.6) is 17.2 Å². The number of carbonyl (C=O) groups is 1. The summed E-state index contributed by atoms with van der Waals surface area (Å²) in [5.74, 6) is -0.918. The predicted molar refractivity (Wildman–Crippen MR) is 79.7 cm³/mol. The zero-order valence-electron chi connectivity index (χ0n) is 13.1. The van der Waals surface area contributed by atoms with E-state index in [9.17, 15) is 20.1 Å². The van der Waals surface area contributed by atoms with Gasteiger partial charge in [0.1, 0.15) is 5.75 Å². The second-order valence-electron chi connectivity index (χ2n) is 7.01. The molecule has 124 valence electrons. The summed E-state index contributed by atoms with van der Waals surface area (Å²) in [6.45, 7) is 2.26. The highest BCUT2D eigenvalue weighted by Gasteiger charge is 2.63. The molecule has 1 saturated heterocycles. The molecule has 6 heteroatoms. The van der Waals surface area contributed by atoms with E-state index in [1.807, 2.05) is 6.92 Å². The average Bonchev–Trinajstić information content (AvgIpc) is 2.51. The highest BCUT2D eigenvalue weighted by molar-refractivity contribution is 6.05. The van der Waals surface area contributed by atoms with Gasteiger partial charge in [-0.05, 0) is 18.8 Å². The molecule has 23 heavy (non-hydrogen) atoms. The van der Waals surface area contributed by atoms with Gasteiger partial charge in [-0.3, -0.25) is 4.79 Å². The van der Waals surface area contributed by atoms with Crippen molar-refractivity contribution in [3.05, 3.63) is 17.2 Å². The van der Waals surface area contributed by atoms with Crippen LogP contribution >= 0.6 is 0 Å². The summed E-state index contributed by atoms with van der Waals surface area (Å²) in [5.41, 5.74) is -0.457. The molecule has 3 N–H and O–H groups in total. The number of benzene rings is 1. The van der Waals surface area contributed by atoms with E-state index in [1.54, 1.807) is 0 Å². The van der Waals surface area contributed by atoms with Crippen LogP contribution in [-0.4, -0.2) is 40.9 Å². The van der Waals surface area contributed by atoms with Gasteiger partial charge in [-0.2, -0.15) is 0 Å². The lowest BCUT2D eigenvalue weighted by Gasteiger charge is -2.58. The Labute approximate surface area is 133 Å². The quantitative estimate of drug-likeness (QED) is 0.683. The lowest BCUT2D eigenvalue weighted by atomic mass is 9.51. The summed E-state index contributed by atoms with van der Waals surface area (Å²) in [5, 5.41) is 31.4. The Morgan fingerprint density at radius 2 is 2.09 bits per heavy atom. The van der Waals surface area contributed by atoms with Crippen molar-refractivity contribution >= 4 is 5.78 Å². The third kappa shape index (κ3) is 1.63. The molecule has 1 aromatic rings. The SMILES string of the molecule is COc1cc(O)c2c(c1O)[C@@H]1OC[C@H]3CC[C@@H](O)[C@]1(C)[C@H]3C2=O. The highest BCUT2D eigenvalue weighted by atomic mass is 16.5. The van der Waals surface area contributed by atoms with Crippen molar-refractivity contribution in [2.45, 2.75) is 32.0 Å². The third-order valence-corrected chi connectivity index (χ3v) is 6.01. The first-order chi connectivity index (χ1) is 10.9. The van der Waals surface area contributed by atoms with Crippen molar-refractivity contribution in [1.29, 1.82) is 0 Å². The van der Waals surface area contributed by atoms with Crippen molar-refractivity contribution < 1.29 is 29.6 Å². The van der Waals surface area contributed by atoms with E-state index in [0.29, 0.717) is 13.0 Å². The fraction of sp³-hybridized carbons (Fsp3) is 0.588. The maximum atomic E-state index is 13.1. The average molecular weight is 320 g/mol. The minimum absolute atomic E-state index is 0.0314. The Kier molecular flexibility index (Phi) is 2.96. The molecule has 0 radical (unpaired) electrons. The third-order valence-electron chi connectivity index (χ3n) is 6.01. The van der Waals surface area contributed by atoms with Crippen LogP contribution in [0.1, 0.15) is 41.8 Å². The van der Waals surface area contributed by atoms with Crippen molar-refractivity contribution in [3.8, 4) is 17.2 Å². The zero-order valence-corrected chi connectivity index (χ0v) is 13.1.